The summed E-state index contributed by atoms with van der Waals surface area (Å²) in [5.41, 5.74) is 0. The van der Waals surface area contributed by atoms with E-state index in [2.05, 4.69) is 6.58 Å². The summed E-state index contributed by atoms with van der Waals surface area (Å²) in [4.78, 5) is 38.6. The molecule has 1 rings (SSSR count). The van der Waals surface area contributed by atoms with Crippen molar-refractivity contribution < 1.29 is 19.1 Å². The second kappa shape index (κ2) is 9.15. The summed E-state index contributed by atoms with van der Waals surface area (Å²) >= 11 is 0. The summed E-state index contributed by atoms with van der Waals surface area (Å²) in [6.45, 7) is 6.36. The second-order valence-corrected chi connectivity index (χ2v) is 4.99. The lowest BCUT2D eigenvalue weighted by atomic mass is 10.2. The lowest BCUT2D eigenvalue weighted by Crippen LogP contribution is -2.44. The van der Waals surface area contributed by atoms with Gasteiger partial charge < -0.3 is 14.5 Å². The Morgan fingerprint density at radius 1 is 1.38 bits per heavy atom. The highest BCUT2D eigenvalue weighted by molar-refractivity contribution is 5.87. The van der Waals surface area contributed by atoms with E-state index in [1.165, 1.54) is 4.90 Å². The number of ether oxygens (including phenoxy) is 1. The van der Waals surface area contributed by atoms with E-state index >= 15 is 0 Å². The minimum atomic E-state index is -0.449. The summed E-state index contributed by atoms with van der Waals surface area (Å²) in [5.74, 6) is -0.691. The van der Waals surface area contributed by atoms with Crippen LogP contribution in [0.3, 0.4) is 0 Å². The molecule has 1 fully saturated rings. The SMILES string of the molecule is C=CCN(CC(=O)OCC)C(=O)CN1CCCCCC1=O. The van der Waals surface area contributed by atoms with E-state index in [-0.39, 0.29) is 38.1 Å². The topological polar surface area (TPSA) is 66.9 Å². The molecule has 0 unspecified atom stereocenters. The van der Waals surface area contributed by atoms with Crippen molar-refractivity contribution in [3.63, 3.8) is 0 Å². The van der Waals surface area contributed by atoms with Gasteiger partial charge in [-0.1, -0.05) is 12.5 Å². The molecule has 0 aromatic heterocycles. The van der Waals surface area contributed by atoms with Crippen molar-refractivity contribution >= 4 is 17.8 Å². The van der Waals surface area contributed by atoms with Crippen LogP contribution in [0.5, 0.6) is 0 Å². The van der Waals surface area contributed by atoms with Gasteiger partial charge in [0, 0.05) is 19.5 Å². The number of hydrogen-bond acceptors (Lipinski definition) is 4. The van der Waals surface area contributed by atoms with Crippen LogP contribution in [0.4, 0.5) is 0 Å². The Morgan fingerprint density at radius 2 is 2.14 bits per heavy atom. The summed E-state index contributed by atoms with van der Waals surface area (Å²) in [7, 11) is 0. The lowest BCUT2D eigenvalue weighted by molar-refractivity contribution is -0.149. The van der Waals surface area contributed by atoms with Crippen molar-refractivity contribution in [1.82, 2.24) is 9.80 Å². The Labute approximate surface area is 125 Å². The fourth-order valence-electron chi connectivity index (χ4n) is 2.24. The molecule has 2 amide bonds. The summed E-state index contributed by atoms with van der Waals surface area (Å²) in [6, 6.07) is 0. The first-order valence-corrected chi connectivity index (χ1v) is 7.40. The number of nitrogens with zero attached hydrogens (tertiary/aromatic N) is 2. The average Bonchev–Trinajstić information content (AvgIpc) is 2.64. The molecular formula is C15H24N2O4. The van der Waals surface area contributed by atoms with Crippen LogP contribution in [-0.4, -0.2) is 60.4 Å². The highest BCUT2D eigenvalue weighted by Gasteiger charge is 2.23. The van der Waals surface area contributed by atoms with Crippen molar-refractivity contribution in [2.45, 2.75) is 32.6 Å². The number of esters is 1. The fourth-order valence-corrected chi connectivity index (χ4v) is 2.24. The van der Waals surface area contributed by atoms with Gasteiger partial charge in [0.1, 0.15) is 6.54 Å². The molecule has 0 aromatic rings. The predicted octanol–water partition coefficient (Wildman–Crippen LogP) is 0.967. The minimum absolute atomic E-state index is 0.00976. The monoisotopic (exact) mass is 296 g/mol. The Bertz CT molecular complexity index is 395. The molecule has 0 aliphatic carbocycles. The van der Waals surface area contributed by atoms with Crippen LogP contribution in [0.2, 0.25) is 0 Å². The van der Waals surface area contributed by atoms with Crippen LogP contribution in [0.15, 0.2) is 12.7 Å². The normalized spacial score (nSPS) is 15.3. The zero-order valence-electron chi connectivity index (χ0n) is 12.7. The van der Waals surface area contributed by atoms with Crippen molar-refractivity contribution in [3.05, 3.63) is 12.7 Å². The largest absolute Gasteiger partial charge is 0.465 e. The van der Waals surface area contributed by atoms with Crippen LogP contribution < -0.4 is 0 Å². The van der Waals surface area contributed by atoms with Gasteiger partial charge in [0.05, 0.1) is 13.2 Å². The highest BCUT2D eigenvalue weighted by Crippen LogP contribution is 2.11. The molecule has 0 saturated carbocycles. The molecule has 1 aliphatic rings. The van der Waals surface area contributed by atoms with E-state index in [1.807, 2.05) is 0 Å². The zero-order chi connectivity index (χ0) is 15.7. The molecule has 1 aliphatic heterocycles. The van der Waals surface area contributed by atoms with Crippen molar-refractivity contribution in [2.75, 3.05) is 32.8 Å². The van der Waals surface area contributed by atoms with Crippen LogP contribution in [-0.2, 0) is 19.1 Å². The molecule has 0 bridgehead atoms. The second-order valence-electron chi connectivity index (χ2n) is 4.99. The third-order valence-electron chi connectivity index (χ3n) is 3.32. The Morgan fingerprint density at radius 3 is 2.81 bits per heavy atom. The fraction of sp³-hybridized carbons (Fsp3) is 0.667. The van der Waals surface area contributed by atoms with Crippen molar-refractivity contribution in [3.8, 4) is 0 Å². The molecule has 6 nitrogen and oxygen atoms in total. The van der Waals surface area contributed by atoms with Crippen LogP contribution in [0, 0.1) is 0 Å². The number of carbonyl (C=O) groups excluding carboxylic acids is 3. The van der Waals surface area contributed by atoms with Gasteiger partial charge in [-0.15, -0.1) is 6.58 Å². The molecular weight excluding hydrogens is 272 g/mol. The molecule has 0 spiro atoms. The van der Waals surface area contributed by atoms with E-state index in [4.69, 9.17) is 4.74 Å². The van der Waals surface area contributed by atoms with Gasteiger partial charge in [0.25, 0.3) is 0 Å². The first-order chi connectivity index (χ1) is 10.1. The number of rotatable bonds is 7. The van der Waals surface area contributed by atoms with Gasteiger partial charge in [-0.2, -0.15) is 0 Å². The van der Waals surface area contributed by atoms with E-state index in [1.54, 1.807) is 17.9 Å². The van der Waals surface area contributed by atoms with Gasteiger partial charge in [-0.3, -0.25) is 14.4 Å². The van der Waals surface area contributed by atoms with Gasteiger partial charge >= 0.3 is 5.97 Å². The average molecular weight is 296 g/mol. The molecule has 0 atom stereocenters. The first kappa shape index (κ1) is 17.2. The van der Waals surface area contributed by atoms with E-state index in [0.29, 0.717) is 13.0 Å². The number of likely N-dealkylation sites (tertiary alicyclic amines) is 1. The quantitative estimate of drug-likeness (QED) is 0.518. The summed E-state index contributed by atoms with van der Waals surface area (Å²) < 4.78 is 4.85. The molecule has 0 radical (unpaired) electrons. The van der Waals surface area contributed by atoms with Gasteiger partial charge in [0.15, 0.2) is 0 Å². The lowest BCUT2D eigenvalue weighted by Gasteiger charge is -2.25. The maximum atomic E-state index is 12.3. The van der Waals surface area contributed by atoms with E-state index in [9.17, 15) is 14.4 Å². The van der Waals surface area contributed by atoms with Crippen molar-refractivity contribution in [1.29, 1.82) is 0 Å². The third kappa shape index (κ3) is 5.97. The molecule has 0 N–H and O–H groups in total. The predicted molar refractivity (Wildman–Crippen MR) is 78.5 cm³/mol. The van der Waals surface area contributed by atoms with Crippen LogP contribution in [0.25, 0.3) is 0 Å². The van der Waals surface area contributed by atoms with E-state index < -0.39 is 5.97 Å². The Hall–Kier alpha value is -1.85. The number of carbonyl (C=O) groups is 3. The van der Waals surface area contributed by atoms with Crippen LogP contribution >= 0.6 is 0 Å². The molecule has 1 heterocycles. The molecule has 1 saturated heterocycles. The molecule has 118 valence electrons. The van der Waals surface area contributed by atoms with Crippen LogP contribution in [0.1, 0.15) is 32.6 Å². The Kier molecular flexibility index (Phi) is 7.50. The zero-order valence-corrected chi connectivity index (χ0v) is 12.7. The number of hydrogen-bond donors (Lipinski definition) is 0. The molecule has 6 heteroatoms. The van der Waals surface area contributed by atoms with Gasteiger partial charge in [0.2, 0.25) is 11.8 Å². The standard InChI is InChI=1S/C15H24N2O4/c1-3-9-16(12-15(20)21-4-2)14(19)11-17-10-7-5-6-8-13(17)18/h3H,1,4-12H2,2H3. The number of amides is 2. The maximum Gasteiger partial charge on any atom is 0.325 e. The smallest absolute Gasteiger partial charge is 0.325 e. The summed E-state index contributed by atoms with van der Waals surface area (Å²) in [6.07, 6.45) is 4.85. The maximum absolute atomic E-state index is 12.3. The van der Waals surface area contributed by atoms with Crippen molar-refractivity contribution in [2.24, 2.45) is 0 Å². The van der Waals surface area contributed by atoms with E-state index in [0.717, 1.165) is 19.3 Å². The molecule has 21 heavy (non-hydrogen) atoms. The minimum Gasteiger partial charge on any atom is -0.465 e. The molecule has 0 aromatic carbocycles. The first-order valence-electron chi connectivity index (χ1n) is 7.40. The Balaban J connectivity index is 2.60. The third-order valence-corrected chi connectivity index (χ3v) is 3.32. The highest BCUT2D eigenvalue weighted by atomic mass is 16.5. The van der Waals surface area contributed by atoms with Gasteiger partial charge in [-0.05, 0) is 19.8 Å². The van der Waals surface area contributed by atoms with Gasteiger partial charge in [-0.25, -0.2) is 0 Å². The summed E-state index contributed by atoms with van der Waals surface area (Å²) in [5, 5.41) is 0.